The van der Waals surface area contributed by atoms with Gasteiger partial charge in [-0.05, 0) is 12.1 Å². The molecule has 0 unspecified atom stereocenters. The van der Waals surface area contributed by atoms with Crippen LogP contribution in [0.5, 0.6) is 0 Å². The zero-order valence-corrected chi connectivity index (χ0v) is 6.27. The minimum atomic E-state index is 0.649. The van der Waals surface area contributed by atoms with Crippen molar-refractivity contribution < 1.29 is 0 Å². The molecule has 0 N–H and O–H groups in total. The number of rotatable bonds is 3. The van der Waals surface area contributed by atoms with Crippen LogP contribution in [0.4, 0.5) is 0 Å². The summed E-state index contributed by atoms with van der Waals surface area (Å²) in [7, 11) is 0. The summed E-state index contributed by atoms with van der Waals surface area (Å²) in [6, 6.07) is 5.72. The normalized spacial score (nSPS) is 10.2. The van der Waals surface area contributed by atoms with Gasteiger partial charge in [-0.2, -0.15) is 0 Å². The van der Waals surface area contributed by atoms with Crippen molar-refractivity contribution in [3.63, 3.8) is 0 Å². The van der Waals surface area contributed by atoms with Crippen LogP contribution < -0.4 is 0 Å². The van der Waals surface area contributed by atoms with E-state index >= 15 is 0 Å². The molecule has 0 saturated carbocycles. The van der Waals surface area contributed by atoms with Crippen LogP contribution in [0, 0.1) is 0 Å². The molecule has 0 spiro atoms. The lowest BCUT2D eigenvalue weighted by molar-refractivity contribution is 1.24. The highest BCUT2D eigenvalue weighted by atomic mass is 14.7. The Morgan fingerprint density at radius 2 is 2.45 bits per heavy atom. The second-order valence-corrected chi connectivity index (χ2v) is 2.04. The molecule has 2 nitrogen and oxygen atoms in total. The molecule has 0 amide bonds. The maximum atomic E-state index is 4.07. The molecule has 11 heavy (non-hydrogen) atoms. The monoisotopic (exact) mass is 146 g/mol. The van der Waals surface area contributed by atoms with E-state index in [2.05, 4.69) is 16.6 Å². The third kappa shape index (κ3) is 2.76. The van der Waals surface area contributed by atoms with E-state index in [1.807, 2.05) is 18.2 Å². The quantitative estimate of drug-likeness (QED) is 0.470. The average Bonchev–Trinajstić information content (AvgIpc) is 2.07. The van der Waals surface area contributed by atoms with Gasteiger partial charge in [0, 0.05) is 12.4 Å². The first kappa shape index (κ1) is 7.66. The smallest absolute Gasteiger partial charge is 0.0807 e. The van der Waals surface area contributed by atoms with Crippen molar-refractivity contribution in [2.45, 2.75) is 0 Å². The predicted octanol–water partition coefficient (Wildman–Crippen LogP) is 1.69. The Balaban J connectivity index is 2.57. The molecule has 0 aliphatic heterocycles. The number of aliphatic imine (C=N–C) groups is 1. The van der Waals surface area contributed by atoms with Gasteiger partial charge in [0.2, 0.25) is 0 Å². The third-order valence-corrected chi connectivity index (χ3v) is 1.15. The van der Waals surface area contributed by atoms with Gasteiger partial charge in [0.25, 0.3) is 0 Å². The number of aromatic nitrogens is 1. The van der Waals surface area contributed by atoms with Crippen molar-refractivity contribution in [1.29, 1.82) is 0 Å². The molecular weight excluding hydrogens is 136 g/mol. The number of hydrogen-bond acceptors (Lipinski definition) is 2. The highest BCUT2D eigenvalue weighted by molar-refractivity contribution is 5.76. The summed E-state index contributed by atoms with van der Waals surface area (Å²) < 4.78 is 0. The lowest BCUT2D eigenvalue weighted by Crippen LogP contribution is -1.85. The van der Waals surface area contributed by atoms with Crippen LogP contribution >= 0.6 is 0 Å². The lowest BCUT2D eigenvalue weighted by atomic mass is 10.4. The molecule has 0 aliphatic carbocycles. The van der Waals surface area contributed by atoms with E-state index in [1.165, 1.54) is 0 Å². The Bertz CT molecular complexity index is 239. The molecule has 0 atom stereocenters. The van der Waals surface area contributed by atoms with Gasteiger partial charge >= 0.3 is 0 Å². The number of pyridine rings is 1. The van der Waals surface area contributed by atoms with Crippen LogP contribution in [0.3, 0.4) is 0 Å². The summed E-state index contributed by atoms with van der Waals surface area (Å²) >= 11 is 0. The van der Waals surface area contributed by atoms with Gasteiger partial charge in [0.15, 0.2) is 0 Å². The van der Waals surface area contributed by atoms with Crippen LogP contribution in [0.2, 0.25) is 0 Å². The summed E-state index contributed by atoms with van der Waals surface area (Å²) in [6.45, 7) is 4.21. The summed E-state index contributed by atoms with van der Waals surface area (Å²) in [5.41, 5.74) is 0.884. The van der Waals surface area contributed by atoms with E-state index in [9.17, 15) is 0 Å². The lowest BCUT2D eigenvalue weighted by Gasteiger charge is -1.87. The molecule has 1 rings (SSSR count). The van der Waals surface area contributed by atoms with Gasteiger partial charge in [-0.15, -0.1) is 6.58 Å². The average molecular weight is 146 g/mol. The van der Waals surface area contributed by atoms with Gasteiger partial charge in [0.1, 0.15) is 0 Å². The number of hydrogen-bond donors (Lipinski definition) is 0. The van der Waals surface area contributed by atoms with E-state index < -0.39 is 0 Å². The summed E-state index contributed by atoms with van der Waals surface area (Å²) in [5, 5.41) is 0. The molecule has 1 aromatic rings. The minimum Gasteiger partial charge on any atom is -0.287 e. The Hall–Kier alpha value is -1.44. The molecule has 0 aromatic carbocycles. The van der Waals surface area contributed by atoms with Gasteiger partial charge in [-0.25, -0.2) is 0 Å². The van der Waals surface area contributed by atoms with Crippen molar-refractivity contribution in [2.24, 2.45) is 4.99 Å². The molecule has 0 fully saturated rings. The number of nitrogens with zero attached hydrogens (tertiary/aromatic N) is 2. The first-order chi connectivity index (χ1) is 5.43. The minimum absolute atomic E-state index is 0.649. The van der Waals surface area contributed by atoms with Crippen LogP contribution in [0.15, 0.2) is 42.0 Å². The van der Waals surface area contributed by atoms with Gasteiger partial charge < -0.3 is 0 Å². The molecule has 2 heteroatoms. The fourth-order valence-corrected chi connectivity index (χ4v) is 0.673. The van der Waals surface area contributed by atoms with Crippen LogP contribution in [-0.2, 0) is 0 Å². The summed E-state index contributed by atoms with van der Waals surface area (Å²) in [5.74, 6) is 0. The van der Waals surface area contributed by atoms with Crippen LogP contribution in [0.1, 0.15) is 5.69 Å². The largest absolute Gasteiger partial charge is 0.287 e. The van der Waals surface area contributed by atoms with Crippen LogP contribution in [-0.4, -0.2) is 17.7 Å². The molecule has 0 saturated heterocycles. The predicted molar refractivity (Wildman–Crippen MR) is 46.9 cm³/mol. The van der Waals surface area contributed by atoms with Crippen molar-refractivity contribution in [1.82, 2.24) is 4.98 Å². The molecule has 0 aliphatic rings. The standard InChI is InChI=1S/C9H10N2/c1-2-6-10-8-9-5-3-4-7-11-9/h2-5,7-8H,1,6H2. The van der Waals surface area contributed by atoms with Crippen molar-refractivity contribution >= 4 is 6.21 Å². The summed E-state index contributed by atoms with van der Waals surface area (Å²) in [4.78, 5) is 8.12. The zero-order chi connectivity index (χ0) is 7.94. The summed E-state index contributed by atoms with van der Waals surface area (Å²) in [6.07, 6.45) is 5.23. The van der Waals surface area contributed by atoms with E-state index in [1.54, 1.807) is 18.5 Å². The highest BCUT2D eigenvalue weighted by Crippen LogP contribution is 1.87. The maximum Gasteiger partial charge on any atom is 0.0807 e. The van der Waals surface area contributed by atoms with Crippen molar-refractivity contribution in [3.05, 3.63) is 42.7 Å². The van der Waals surface area contributed by atoms with E-state index in [-0.39, 0.29) is 0 Å². The van der Waals surface area contributed by atoms with Crippen molar-refractivity contribution in [3.8, 4) is 0 Å². The Morgan fingerprint density at radius 1 is 1.55 bits per heavy atom. The Morgan fingerprint density at radius 3 is 3.09 bits per heavy atom. The highest BCUT2D eigenvalue weighted by Gasteiger charge is 1.82. The van der Waals surface area contributed by atoms with Gasteiger partial charge in [-0.3, -0.25) is 9.98 Å². The molecule has 1 aromatic heterocycles. The second kappa shape index (κ2) is 4.39. The van der Waals surface area contributed by atoms with Gasteiger partial charge in [-0.1, -0.05) is 12.1 Å². The molecule has 0 bridgehead atoms. The van der Waals surface area contributed by atoms with E-state index in [0.29, 0.717) is 6.54 Å². The molecule has 56 valence electrons. The van der Waals surface area contributed by atoms with Crippen LogP contribution in [0.25, 0.3) is 0 Å². The SMILES string of the molecule is C=CCN=Cc1ccccn1. The topological polar surface area (TPSA) is 25.2 Å². The first-order valence-electron chi connectivity index (χ1n) is 3.45. The zero-order valence-electron chi connectivity index (χ0n) is 6.27. The fourth-order valence-electron chi connectivity index (χ4n) is 0.673. The molecule has 1 heterocycles. The maximum absolute atomic E-state index is 4.07. The van der Waals surface area contributed by atoms with E-state index in [0.717, 1.165) is 5.69 Å². The fraction of sp³-hybridized carbons (Fsp3) is 0.111. The third-order valence-electron chi connectivity index (χ3n) is 1.15. The Kier molecular flexibility index (Phi) is 3.06. The van der Waals surface area contributed by atoms with Crippen molar-refractivity contribution in [2.75, 3.05) is 6.54 Å². The molecular formula is C9H10N2. The first-order valence-corrected chi connectivity index (χ1v) is 3.45. The van der Waals surface area contributed by atoms with E-state index in [4.69, 9.17) is 0 Å². The van der Waals surface area contributed by atoms with Gasteiger partial charge in [0.05, 0.1) is 12.2 Å². The molecule has 0 radical (unpaired) electrons. The Labute approximate surface area is 66.3 Å². The second-order valence-electron chi connectivity index (χ2n) is 2.04.